The van der Waals surface area contributed by atoms with Gasteiger partial charge in [-0.05, 0) is 37.6 Å². The summed E-state index contributed by atoms with van der Waals surface area (Å²) >= 11 is 0. The average molecular weight is 315 g/mol. The van der Waals surface area contributed by atoms with Crippen LogP contribution in [0.15, 0.2) is 18.2 Å². The Balaban J connectivity index is 2.04. The van der Waals surface area contributed by atoms with Crippen LogP contribution in [-0.4, -0.2) is 39.7 Å². The molecule has 0 spiro atoms. The van der Waals surface area contributed by atoms with Gasteiger partial charge in [-0.25, -0.2) is 12.8 Å². The molecule has 0 aromatic heterocycles. The van der Waals surface area contributed by atoms with Gasteiger partial charge in [-0.2, -0.15) is 0 Å². The topological polar surface area (TPSA) is 87.3 Å². The number of rotatable bonds is 5. The summed E-state index contributed by atoms with van der Waals surface area (Å²) in [7, 11) is -3.60. The Bertz CT molecular complexity index is 628. The first-order chi connectivity index (χ1) is 9.85. The number of carbonyl (C=O) groups is 1. The lowest BCUT2D eigenvalue weighted by molar-refractivity contribution is 0.0950. The van der Waals surface area contributed by atoms with E-state index in [9.17, 15) is 17.6 Å². The van der Waals surface area contributed by atoms with Crippen molar-refractivity contribution in [2.24, 2.45) is 0 Å². The number of carbonyl (C=O) groups excluding carboxylic acids is 1. The second-order valence-electron chi connectivity index (χ2n) is 5.07. The van der Waals surface area contributed by atoms with Crippen molar-refractivity contribution in [2.45, 2.75) is 18.9 Å². The second kappa shape index (κ2) is 6.40. The molecule has 0 bridgehead atoms. The molecule has 6 nitrogen and oxygen atoms in total. The van der Waals surface area contributed by atoms with E-state index in [1.54, 1.807) is 0 Å². The van der Waals surface area contributed by atoms with Crippen LogP contribution in [0, 0.1) is 5.82 Å². The predicted molar refractivity (Wildman–Crippen MR) is 78.2 cm³/mol. The summed E-state index contributed by atoms with van der Waals surface area (Å²) < 4.78 is 37.9. The van der Waals surface area contributed by atoms with Crippen molar-refractivity contribution in [3.8, 4) is 0 Å². The van der Waals surface area contributed by atoms with Crippen molar-refractivity contribution in [3.05, 3.63) is 29.6 Å². The first-order valence-electron chi connectivity index (χ1n) is 6.64. The summed E-state index contributed by atoms with van der Waals surface area (Å²) in [4.78, 5) is 12.0. The van der Waals surface area contributed by atoms with Gasteiger partial charge >= 0.3 is 0 Å². The summed E-state index contributed by atoms with van der Waals surface area (Å²) in [6, 6.07) is 3.83. The van der Waals surface area contributed by atoms with E-state index in [1.165, 1.54) is 12.1 Å². The molecule has 1 aliphatic rings. The summed E-state index contributed by atoms with van der Waals surface area (Å²) in [6.45, 7) is 1.44. The Morgan fingerprint density at radius 3 is 2.86 bits per heavy atom. The van der Waals surface area contributed by atoms with Crippen LogP contribution in [0.5, 0.6) is 0 Å². The molecule has 1 amide bonds. The highest BCUT2D eigenvalue weighted by atomic mass is 32.2. The summed E-state index contributed by atoms with van der Waals surface area (Å²) in [6.07, 6.45) is 3.01. The van der Waals surface area contributed by atoms with Crippen molar-refractivity contribution in [1.82, 2.24) is 10.6 Å². The van der Waals surface area contributed by atoms with Crippen molar-refractivity contribution in [3.63, 3.8) is 0 Å². The van der Waals surface area contributed by atoms with Crippen LogP contribution < -0.4 is 15.4 Å². The number of amides is 1. The van der Waals surface area contributed by atoms with Crippen molar-refractivity contribution in [2.75, 3.05) is 24.1 Å². The highest BCUT2D eigenvalue weighted by molar-refractivity contribution is 7.92. The molecule has 2 rings (SSSR count). The zero-order valence-electron chi connectivity index (χ0n) is 11.6. The van der Waals surface area contributed by atoms with Gasteiger partial charge in [0, 0.05) is 18.2 Å². The molecule has 3 N–H and O–H groups in total. The van der Waals surface area contributed by atoms with Crippen molar-refractivity contribution in [1.29, 1.82) is 0 Å². The maximum Gasteiger partial charge on any atom is 0.251 e. The molecular weight excluding hydrogens is 297 g/mol. The van der Waals surface area contributed by atoms with Gasteiger partial charge in [0.15, 0.2) is 0 Å². The van der Waals surface area contributed by atoms with Crippen LogP contribution in [0.2, 0.25) is 0 Å². The molecule has 21 heavy (non-hydrogen) atoms. The fraction of sp³-hybridized carbons (Fsp3) is 0.462. The van der Waals surface area contributed by atoms with E-state index < -0.39 is 15.8 Å². The number of halogens is 1. The second-order valence-corrected chi connectivity index (χ2v) is 6.82. The van der Waals surface area contributed by atoms with Crippen LogP contribution in [0.1, 0.15) is 23.2 Å². The molecule has 1 heterocycles. The molecule has 116 valence electrons. The van der Waals surface area contributed by atoms with Crippen molar-refractivity contribution >= 4 is 21.6 Å². The molecule has 1 aromatic carbocycles. The molecule has 1 aliphatic heterocycles. The smallest absolute Gasteiger partial charge is 0.251 e. The molecule has 1 atom stereocenters. The Morgan fingerprint density at radius 1 is 1.48 bits per heavy atom. The molecule has 0 saturated carbocycles. The molecular formula is C13H18FN3O3S. The number of benzene rings is 1. The zero-order valence-corrected chi connectivity index (χ0v) is 12.5. The summed E-state index contributed by atoms with van der Waals surface area (Å²) in [5.74, 6) is -1.09. The van der Waals surface area contributed by atoms with Gasteiger partial charge in [-0.15, -0.1) is 0 Å². The summed E-state index contributed by atoms with van der Waals surface area (Å²) in [5.41, 5.74) is -0.0234. The minimum atomic E-state index is -3.60. The predicted octanol–water partition coefficient (Wildman–Crippen LogP) is 0.679. The minimum absolute atomic E-state index is 0.209. The SMILES string of the molecule is CS(=O)(=O)Nc1cc(C(=O)NCC2CCCN2)ccc1F. The van der Waals surface area contributed by atoms with E-state index in [2.05, 4.69) is 10.6 Å². The molecule has 8 heteroatoms. The first-order valence-corrected chi connectivity index (χ1v) is 8.53. The highest BCUT2D eigenvalue weighted by Gasteiger charge is 2.16. The normalized spacial score (nSPS) is 18.5. The van der Waals surface area contributed by atoms with Gasteiger partial charge in [0.25, 0.3) is 5.91 Å². The van der Waals surface area contributed by atoms with E-state index >= 15 is 0 Å². The Morgan fingerprint density at radius 2 is 2.24 bits per heavy atom. The van der Waals surface area contributed by atoms with Crippen LogP contribution in [0.4, 0.5) is 10.1 Å². The number of anilines is 1. The monoisotopic (exact) mass is 315 g/mol. The third-order valence-corrected chi connectivity index (χ3v) is 3.79. The fourth-order valence-corrected chi connectivity index (χ4v) is 2.75. The summed E-state index contributed by atoms with van der Waals surface area (Å²) in [5, 5.41) is 6.00. The van der Waals surface area contributed by atoms with Gasteiger partial charge in [-0.3, -0.25) is 9.52 Å². The fourth-order valence-electron chi connectivity index (χ4n) is 2.19. The van der Waals surface area contributed by atoms with Crippen LogP contribution >= 0.6 is 0 Å². The lowest BCUT2D eigenvalue weighted by Gasteiger charge is -2.12. The first kappa shape index (κ1) is 15.7. The Kier molecular flexibility index (Phi) is 4.79. The van der Waals surface area contributed by atoms with Gasteiger partial charge in [0.1, 0.15) is 5.82 Å². The molecule has 1 fully saturated rings. The third-order valence-electron chi connectivity index (χ3n) is 3.20. The molecule has 1 aromatic rings. The van der Waals surface area contributed by atoms with E-state index in [0.29, 0.717) is 6.54 Å². The lowest BCUT2D eigenvalue weighted by Crippen LogP contribution is -2.37. The average Bonchev–Trinajstić information content (AvgIpc) is 2.90. The van der Waals surface area contributed by atoms with Gasteiger partial charge in [0.05, 0.1) is 11.9 Å². The zero-order chi connectivity index (χ0) is 15.5. The van der Waals surface area contributed by atoms with Gasteiger partial charge < -0.3 is 10.6 Å². The lowest BCUT2D eigenvalue weighted by atomic mass is 10.1. The van der Waals surface area contributed by atoms with Crippen LogP contribution in [0.3, 0.4) is 0 Å². The van der Waals surface area contributed by atoms with E-state index in [1.807, 2.05) is 4.72 Å². The Labute approximate surface area is 123 Å². The maximum absolute atomic E-state index is 13.5. The van der Waals surface area contributed by atoms with Gasteiger partial charge in [0.2, 0.25) is 10.0 Å². The van der Waals surface area contributed by atoms with Crippen LogP contribution in [0.25, 0.3) is 0 Å². The molecule has 0 aliphatic carbocycles. The third kappa shape index (κ3) is 4.68. The number of hydrogen-bond donors (Lipinski definition) is 3. The maximum atomic E-state index is 13.5. The quantitative estimate of drug-likeness (QED) is 0.746. The molecule has 1 unspecified atom stereocenters. The number of nitrogens with one attached hydrogen (secondary N) is 3. The molecule has 0 radical (unpaired) electrons. The Hall–Kier alpha value is -1.67. The van der Waals surface area contributed by atoms with Gasteiger partial charge in [-0.1, -0.05) is 0 Å². The van der Waals surface area contributed by atoms with Crippen LogP contribution in [-0.2, 0) is 10.0 Å². The van der Waals surface area contributed by atoms with E-state index in [0.717, 1.165) is 31.7 Å². The standard InChI is InChI=1S/C13H18FN3O3S/c1-21(19,20)17-12-7-9(4-5-11(12)14)13(18)16-8-10-3-2-6-15-10/h4-5,7,10,15,17H,2-3,6,8H2,1H3,(H,16,18). The van der Waals surface area contributed by atoms with E-state index in [4.69, 9.17) is 0 Å². The number of hydrogen-bond acceptors (Lipinski definition) is 4. The molecule has 1 saturated heterocycles. The van der Waals surface area contributed by atoms with E-state index in [-0.39, 0.29) is 23.2 Å². The van der Waals surface area contributed by atoms with Crippen molar-refractivity contribution < 1.29 is 17.6 Å². The minimum Gasteiger partial charge on any atom is -0.350 e. The highest BCUT2D eigenvalue weighted by Crippen LogP contribution is 2.17. The largest absolute Gasteiger partial charge is 0.350 e. The number of sulfonamides is 1.